The second kappa shape index (κ2) is 8.99. The minimum Gasteiger partial charge on any atom is -0.497 e. The van der Waals surface area contributed by atoms with Gasteiger partial charge in [-0.15, -0.1) is 0 Å². The van der Waals surface area contributed by atoms with Crippen LogP contribution >= 0.6 is 0 Å². The van der Waals surface area contributed by atoms with Crippen molar-refractivity contribution in [3.8, 4) is 28.6 Å². The zero-order valence-electron chi connectivity index (χ0n) is 16.2. The molecule has 0 aliphatic rings. The molecule has 0 unspecified atom stereocenters. The number of amides is 1. The summed E-state index contributed by atoms with van der Waals surface area (Å²) < 4.78 is 11.0. The number of ether oxygens (including phenoxy) is 2. The van der Waals surface area contributed by atoms with Crippen LogP contribution in [0.15, 0.2) is 60.9 Å². The van der Waals surface area contributed by atoms with E-state index in [9.17, 15) is 4.79 Å². The van der Waals surface area contributed by atoms with E-state index in [1.165, 1.54) is 6.33 Å². The van der Waals surface area contributed by atoms with Gasteiger partial charge in [0.05, 0.1) is 12.8 Å². The van der Waals surface area contributed by atoms with Crippen LogP contribution in [0.25, 0.3) is 11.3 Å². The van der Waals surface area contributed by atoms with E-state index in [-0.39, 0.29) is 5.91 Å². The van der Waals surface area contributed by atoms with Crippen LogP contribution in [0.2, 0.25) is 0 Å². The number of methoxy groups -OCH3 is 1. The summed E-state index contributed by atoms with van der Waals surface area (Å²) in [7, 11) is 1.61. The molecule has 0 radical (unpaired) electrons. The van der Waals surface area contributed by atoms with Crippen molar-refractivity contribution in [2.45, 2.75) is 13.8 Å². The van der Waals surface area contributed by atoms with Gasteiger partial charge in [-0.25, -0.2) is 9.97 Å². The molecule has 28 heavy (non-hydrogen) atoms. The zero-order chi connectivity index (χ0) is 19.9. The topological polar surface area (TPSA) is 73.3 Å². The third kappa shape index (κ3) is 5.07. The van der Waals surface area contributed by atoms with E-state index >= 15 is 0 Å². The van der Waals surface area contributed by atoms with Crippen molar-refractivity contribution in [1.82, 2.24) is 15.3 Å². The normalized spacial score (nSPS) is 10.6. The van der Waals surface area contributed by atoms with E-state index < -0.39 is 0 Å². The molecule has 0 saturated heterocycles. The number of nitrogens with one attached hydrogen (secondary N) is 1. The highest BCUT2D eigenvalue weighted by Gasteiger charge is 2.08. The minimum absolute atomic E-state index is 0.0787. The van der Waals surface area contributed by atoms with Gasteiger partial charge in [0, 0.05) is 29.8 Å². The molecule has 6 heteroatoms. The Balaban J connectivity index is 1.73. The second-order valence-electron chi connectivity index (χ2n) is 6.70. The van der Waals surface area contributed by atoms with Crippen molar-refractivity contribution in [2.24, 2.45) is 5.92 Å². The first kappa shape index (κ1) is 19.4. The quantitative estimate of drug-likeness (QED) is 0.663. The Labute approximate surface area is 164 Å². The summed E-state index contributed by atoms with van der Waals surface area (Å²) in [4.78, 5) is 20.6. The number of hydrogen-bond donors (Lipinski definition) is 1. The summed E-state index contributed by atoms with van der Waals surface area (Å²) in [6.45, 7) is 4.77. The molecular formula is C22H23N3O3. The molecule has 1 N–H and O–H groups in total. The number of aromatic nitrogens is 2. The lowest BCUT2D eigenvalue weighted by Crippen LogP contribution is -2.27. The number of rotatable bonds is 7. The van der Waals surface area contributed by atoms with Crippen molar-refractivity contribution in [3.05, 3.63) is 66.5 Å². The maximum atomic E-state index is 12.1. The van der Waals surface area contributed by atoms with Crippen molar-refractivity contribution in [3.63, 3.8) is 0 Å². The molecule has 1 heterocycles. The van der Waals surface area contributed by atoms with Crippen LogP contribution in [-0.2, 0) is 0 Å². The number of carbonyl (C=O) groups excluding carboxylic acids is 1. The molecular weight excluding hydrogens is 354 g/mol. The molecule has 3 rings (SSSR count). The summed E-state index contributed by atoms with van der Waals surface area (Å²) >= 11 is 0. The molecule has 0 aliphatic heterocycles. The van der Waals surface area contributed by atoms with E-state index in [0.717, 1.165) is 5.56 Å². The van der Waals surface area contributed by atoms with Gasteiger partial charge >= 0.3 is 0 Å². The Hall–Kier alpha value is -3.41. The molecule has 2 aromatic carbocycles. The molecule has 3 aromatic rings. The fourth-order valence-electron chi connectivity index (χ4n) is 2.53. The molecule has 1 amide bonds. The van der Waals surface area contributed by atoms with Gasteiger partial charge in [-0.2, -0.15) is 0 Å². The van der Waals surface area contributed by atoms with Gasteiger partial charge < -0.3 is 14.8 Å². The molecule has 0 spiro atoms. The monoisotopic (exact) mass is 377 g/mol. The van der Waals surface area contributed by atoms with Crippen LogP contribution in [0.3, 0.4) is 0 Å². The van der Waals surface area contributed by atoms with E-state index in [0.29, 0.717) is 41.1 Å². The standard InChI is InChI=1S/C22H23N3O3/c1-15(2)13-23-22(26)17-9-7-16(8-10-17)20-12-21(25-14-24-20)28-19-6-4-5-18(11-19)27-3/h4-12,14-15H,13H2,1-3H3,(H,23,26). The fourth-order valence-corrected chi connectivity index (χ4v) is 2.53. The Kier molecular flexibility index (Phi) is 6.22. The predicted octanol–water partition coefficient (Wildman–Crippen LogP) is 4.33. The summed E-state index contributed by atoms with van der Waals surface area (Å²) in [6, 6.07) is 16.4. The molecule has 0 bridgehead atoms. The Bertz CT molecular complexity index is 940. The van der Waals surface area contributed by atoms with Crippen molar-refractivity contribution < 1.29 is 14.3 Å². The molecule has 0 atom stereocenters. The third-order valence-electron chi connectivity index (χ3n) is 4.02. The molecule has 1 aromatic heterocycles. The van der Waals surface area contributed by atoms with Gasteiger partial charge in [0.15, 0.2) is 0 Å². The Morgan fingerprint density at radius 1 is 1.04 bits per heavy atom. The smallest absolute Gasteiger partial charge is 0.251 e. The van der Waals surface area contributed by atoms with Gasteiger partial charge in [-0.1, -0.05) is 32.0 Å². The largest absolute Gasteiger partial charge is 0.497 e. The van der Waals surface area contributed by atoms with Crippen LogP contribution in [0.1, 0.15) is 24.2 Å². The number of carbonyl (C=O) groups is 1. The van der Waals surface area contributed by atoms with Crippen LogP contribution in [-0.4, -0.2) is 29.5 Å². The predicted molar refractivity (Wildman–Crippen MR) is 108 cm³/mol. The fraction of sp³-hybridized carbons (Fsp3) is 0.227. The lowest BCUT2D eigenvalue weighted by atomic mass is 10.1. The third-order valence-corrected chi connectivity index (χ3v) is 4.02. The molecule has 6 nitrogen and oxygen atoms in total. The zero-order valence-corrected chi connectivity index (χ0v) is 16.2. The number of benzene rings is 2. The van der Waals surface area contributed by atoms with Gasteiger partial charge in [0.25, 0.3) is 5.91 Å². The molecule has 0 fully saturated rings. The molecule has 0 saturated carbocycles. The minimum atomic E-state index is -0.0787. The number of hydrogen-bond acceptors (Lipinski definition) is 5. The highest BCUT2D eigenvalue weighted by Crippen LogP contribution is 2.26. The summed E-state index contributed by atoms with van der Waals surface area (Å²) in [5.41, 5.74) is 2.20. The van der Waals surface area contributed by atoms with Gasteiger partial charge in [-0.05, 0) is 30.2 Å². The van der Waals surface area contributed by atoms with Gasteiger partial charge in [-0.3, -0.25) is 4.79 Å². The van der Waals surface area contributed by atoms with E-state index in [2.05, 4.69) is 29.1 Å². The summed E-state index contributed by atoms with van der Waals surface area (Å²) in [5.74, 6) is 2.09. The van der Waals surface area contributed by atoms with Crippen molar-refractivity contribution in [1.29, 1.82) is 0 Å². The van der Waals surface area contributed by atoms with Crippen molar-refractivity contribution >= 4 is 5.91 Å². The summed E-state index contributed by atoms with van der Waals surface area (Å²) in [5, 5.41) is 2.91. The average molecular weight is 377 g/mol. The number of nitrogens with zero attached hydrogens (tertiary/aromatic N) is 2. The van der Waals surface area contributed by atoms with E-state index in [1.54, 1.807) is 31.4 Å². The van der Waals surface area contributed by atoms with Gasteiger partial charge in [0.2, 0.25) is 5.88 Å². The lowest BCUT2D eigenvalue weighted by molar-refractivity contribution is 0.0949. The molecule has 144 valence electrons. The van der Waals surface area contributed by atoms with Crippen LogP contribution in [0, 0.1) is 5.92 Å². The van der Waals surface area contributed by atoms with Crippen LogP contribution in [0.4, 0.5) is 0 Å². The maximum Gasteiger partial charge on any atom is 0.251 e. The highest BCUT2D eigenvalue weighted by molar-refractivity contribution is 5.94. The van der Waals surface area contributed by atoms with Crippen LogP contribution in [0.5, 0.6) is 17.4 Å². The average Bonchev–Trinajstić information content (AvgIpc) is 2.72. The summed E-state index contributed by atoms with van der Waals surface area (Å²) in [6.07, 6.45) is 1.45. The first-order chi connectivity index (χ1) is 13.5. The SMILES string of the molecule is COc1cccc(Oc2cc(-c3ccc(C(=O)NCC(C)C)cc3)ncn2)c1. The van der Waals surface area contributed by atoms with Crippen LogP contribution < -0.4 is 14.8 Å². The van der Waals surface area contributed by atoms with E-state index in [4.69, 9.17) is 9.47 Å². The van der Waals surface area contributed by atoms with Gasteiger partial charge in [0.1, 0.15) is 17.8 Å². The maximum absolute atomic E-state index is 12.1. The Morgan fingerprint density at radius 2 is 1.79 bits per heavy atom. The highest BCUT2D eigenvalue weighted by atomic mass is 16.5. The lowest BCUT2D eigenvalue weighted by Gasteiger charge is -2.09. The second-order valence-corrected chi connectivity index (χ2v) is 6.70. The van der Waals surface area contributed by atoms with Crippen molar-refractivity contribution in [2.75, 3.05) is 13.7 Å². The Morgan fingerprint density at radius 3 is 2.50 bits per heavy atom. The first-order valence-corrected chi connectivity index (χ1v) is 9.07. The molecule has 0 aliphatic carbocycles. The van der Waals surface area contributed by atoms with E-state index in [1.807, 2.05) is 30.3 Å². The first-order valence-electron chi connectivity index (χ1n) is 9.07.